The second-order valence-electron chi connectivity index (χ2n) is 5.03. The number of amides is 2. The van der Waals surface area contributed by atoms with Gasteiger partial charge in [-0.2, -0.15) is 0 Å². The number of urea groups is 1. The van der Waals surface area contributed by atoms with Crippen LogP contribution in [0.25, 0.3) is 0 Å². The fourth-order valence-electron chi connectivity index (χ4n) is 2.34. The normalized spacial score (nSPS) is 14.9. The van der Waals surface area contributed by atoms with Crippen LogP contribution >= 0.6 is 0 Å². The van der Waals surface area contributed by atoms with Crippen LogP contribution in [0.3, 0.4) is 0 Å². The molecule has 0 atom stereocenters. The van der Waals surface area contributed by atoms with Gasteiger partial charge in [0.15, 0.2) is 0 Å². The largest absolute Gasteiger partial charge is 0.478 e. The van der Waals surface area contributed by atoms with Crippen molar-refractivity contribution in [1.82, 2.24) is 10.2 Å². The number of likely N-dealkylation sites (tertiary alicyclic amines) is 1. The van der Waals surface area contributed by atoms with Crippen molar-refractivity contribution in [3.05, 3.63) is 35.4 Å². The van der Waals surface area contributed by atoms with Crippen LogP contribution in [0.5, 0.6) is 0 Å². The first kappa shape index (κ1) is 14.4. The number of benzene rings is 1. The third kappa shape index (κ3) is 3.98. The van der Waals surface area contributed by atoms with Gasteiger partial charge in [0.05, 0.1) is 5.56 Å². The zero-order valence-corrected chi connectivity index (χ0v) is 11.5. The minimum atomic E-state index is -0.921. The highest BCUT2D eigenvalue weighted by Crippen LogP contribution is 2.08. The fraction of sp³-hybridized carbons (Fsp3) is 0.467. The quantitative estimate of drug-likeness (QED) is 0.885. The van der Waals surface area contributed by atoms with E-state index in [2.05, 4.69) is 5.32 Å². The second-order valence-corrected chi connectivity index (χ2v) is 5.03. The van der Waals surface area contributed by atoms with Crippen LogP contribution in [-0.4, -0.2) is 41.6 Å². The molecule has 0 unspecified atom stereocenters. The third-order valence-corrected chi connectivity index (χ3v) is 3.53. The molecule has 1 aromatic rings. The highest BCUT2D eigenvalue weighted by Gasteiger charge is 2.15. The number of carboxylic acid groups (broad SMARTS) is 1. The number of rotatable bonds is 4. The molecule has 0 aliphatic carbocycles. The monoisotopic (exact) mass is 276 g/mol. The molecular weight excluding hydrogens is 256 g/mol. The van der Waals surface area contributed by atoms with Gasteiger partial charge in [0.25, 0.3) is 0 Å². The summed E-state index contributed by atoms with van der Waals surface area (Å²) < 4.78 is 0. The molecule has 1 heterocycles. The Labute approximate surface area is 118 Å². The molecule has 2 amide bonds. The van der Waals surface area contributed by atoms with Gasteiger partial charge in [-0.05, 0) is 43.4 Å². The van der Waals surface area contributed by atoms with Gasteiger partial charge < -0.3 is 15.3 Å². The SMILES string of the molecule is O=C(O)c1ccc(CCNC(=O)N2CCCCC2)cc1. The van der Waals surface area contributed by atoms with Crippen molar-refractivity contribution in [3.63, 3.8) is 0 Å². The average molecular weight is 276 g/mol. The summed E-state index contributed by atoms with van der Waals surface area (Å²) in [7, 11) is 0. The minimum Gasteiger partial charge on any atom is -0.478 e. The van der Waals surface area contributed by atoms with Crippen molar-refractivity contribution in [1.29, 1.82) is 0 Å². The maximum Gasteiger partial charge on any atom is 0.335 e. The van der Waals surface area contributed by atoms with Gasteiger partial charge in [0, 0.05) is 19.6 Å². The minimum absolute atomic E-state index is 0.00635. The van der Waals surface area contributed by atoms with Gasteiger partial charge in [0.1, 0.15) is 0 Å². The predicted octanol–water partition coefficient (Wildman–Crippen LogP) is 2.12. The number of carboxylic acids is 1. The highest BCUT2D eigenvalue weighted by molar-refractivity contribution is 5.87. The molecule has 0 saturated carbocycles. The second kappa shape index (κ2) is 6.93. The van der Waals surface area contributed by atoms with Gasteiger partial charge in [0.2, 0.25) is 0 Å². The molecule has 1 aliphatic rings. The van der Waals surface area contributed by atoms with Gasteiger partial charge >= 0.3 is 12.0 Å². The molecule has 108 valence electrons. The standard InChI is InChI=1S/C15H20N2O3/c18-14(19)13-6-4-12(5-7-13)8-9-16-15(20)17-10-2-1-3-11-17/h4-7H,1-3,8-11H2,(H,16,20)(H,18,19). The number of hydrogen-bond donors (Lipinski definition) is 2. The van der Waals surface area contributed by atoms with Crippen molar-refractivity contribution >= 4 is 12.0 Å². The van der Waals surface area contributed by atoms with Crippen LogP contribution in [0.15, 0.2) is 24.3 Å². The van der Waals surface area contributed by atoms with Crippen LogP contribution in [0, 0.1) is 0 Å². The number of nitrogens with one attached hydrogen (secondary N) is 1. The average Bonchev–Trinajstić information content (AvgIpc) is 2.48. The molecule has 0 spiro atoms. The lowest BCUT2D eigenvalue weighted by atomic mass is 10.1. The Morgan fingerprint density at radius 2 is 1.75 bits per heavy atom. The van der Waals surface area contributed by atoms with Gasteiger partial charge in [-0.25, -0.2) is 9.59 Å². The maximum atomic E-state index is 11.9. The van der Waals surface area contributed by atoms with Crippen molar-refractivity contribution in [2.24, 2.45) is 0 Å². The predicted molar refractivity (Wildman–Crippen MR) is 75.9 cm³/mol. The number of carbonyl (C=O) groups is 2. The molecule has 2 rings (SSSR count). The van der Waals surface area contributed by atoms with Crippen LogP contribution in [0.2, 0.25) is 0 Å². The summed E-state index contributed by atoms with van der Waals surface area (Å²) in [4.78, 5) is 24.5. The van der Waals surface area contributed by atoms with Crippen molar-refractivity contribution in [2.75, 3.05) is 19.6 Å². The van der Waals surface area contributed by atoms with Gasteiger partial charge in [-0.3, -0.25) is 0 Å². The summed E-state index contributed by atoms with van der Waals surface area (Å²) in [5, 5.41) is 11.7. The van der Waals surface area contributed by atoms with Crippen LogP contribution in [0.1, 0.15) is 35.2 Å². The molecule has 0 aromatic heterocycles. The maximum absolute atomic E-state index is 11.9. The van der Waals surface area contributed by atoms with E-state index in [-0.39, 0.29) is 11.6 Å². The van der Waals surface area contributed by atoms with Crippen LogP contribution < -0.4 is 5.32 Å². The Morgan fingerprint density at radius 1 is 1.10 bits per heavy atom. The zero-order valence-electron chi connectivity index (χ0n) is 11.5. The summed E-state index contributed by atoms with van der Waals surface area (Å²) in [6.07, 6.45) is 4.09. The fourth-order valence-corrected chi connectivity index (χ4v) is 2.34. The lowest BCUT2D eigenvalue weighted by molar-refractivity contribution is 0.0697. The van der Waals surface area contributed by atoms with E-state index in [0.717, 1.165) is 31.5 Å². The number of nitrogens with zero attached hydrogens (tertiary/aromatic N) is 1. The van der Waals surface area contributed by atoms with Gasteiger partial charge in [-0.15, -0.1) is 0 Å². The van der Waals surface area contributed by atoms with E-state index in [1.54, 1.807) is 24.3 Å². The number of carbonyl (C=O) groups excluding carboxylic acids is 1. The van der Waals surface area contributed by atoms with E-state index in [4.69, 9.17) is 5.11 Å². The first-order valence-electron chi connectivity index (χ1n) is 7.02. The molecule has 1 aliphatic heterocycles. The Balaban J connectivity index is 1.74. The third-order valence-electron chi connectivity index (χ3n) is 3.53. The van der Waals surface area contributed by atoms with Crippen molar-refractivity contribution in [2.45, 2.75) is 25.7 Å². The highest BCUT2D eigenvalue weighted by atomic mass is 16.4. The lowest BCUT2D eigenvalue weighted by Crippen LogP contribution is -2.43. The Hall–Kier alpha value is -2.04. The molecular formula is C15H20N2O3. The van der Waals surface area contributed by atoms with Crippen LogP contribution in [0.4, 0.5) is 4.79 Å². The van der Waals surface area contributed by atoms with E-state index in [1.165, 1.54) is 6.42 Å². The molecule has 5 nitrogen and oxygen atoms in total. The van der Waals surface area contributed by atoms with E-state index >= 15 is 0 Å². The molecule has 1 saturated heterocycles. The molecule has 0 bridgehead atoms. The van der Waals surface area contributed by atoms with Crippen LogP contribution in [-0.2, 0) is 6.42 Å². The van der Waals surface area contributed by atoms with E-state index in [9.17, 15) is 9.59 Å². The number of piperidine rings is 1. The lowest BCUT2D eigenvalue weighted by Gasteiger charge is -2.26. The summed E-state index contributed by atoms with van der Waals surface area (Å²) >= 11 is 0. The zero-order chi connectivity index (χ0) is 14.4. The summed E-state index contributed by atoms with van der Waals surface area (Å²) in [6, 6.07) is 6.76. The molecule has 20 heavy (non-hydrogen) atoms. The number of hydrogen-bond acceptors (Lipinski definition) is 2. The molecule has 1 fully saturated rings. The Kier molecular flexibility index (Phi) is 4.98. The first-order chi connectivity index (χ1) is 9.66. The molecule has 2 N–H and O–H groups in total. The number of aromatic carboxylic acids is 1. The Bertz CT molecular complexity index is 465. The first-order valence-corrected chi connectivity index (χ1v) is 7.02. The Morgan fingerprint density at radius 3 is 2.35 bits per heavy atom. The summed E-state index contributed by atoms with van der Waals surface area (Å²) in [5.41, 5.74) is 1.31. The van der Waals surface area contributed by atoms with Gasteiger partial charge in [-0.1, -0.05) is 12.1 Å². The molecule has 5 heteroatoms. The molecule has 1 aromatic carbocycles. The van der Waals surface area contributed by atoms with E-state index < -0.39 is 5.97 Å². The van der Waals surface area contributed by atoms with Crippen molar-refractivity contribution < 1.29 is 14.7 Å². The molecule has 0 radical (unpaired) electrons. The topological polar surface area (TPSA) is 69.6 Å². The van der Waals surface area contributed by atoms with E-state index in [1.807, 2.05) is 4.90 Å². The summed E-state index contributed by atoms with van der Waals surface area (Å²) in [5.74, 6) is -0.921. The van der Waals surface area contributed by atoms with Crippen molar-refractivity contribution in [3.8, 4) is 0 Å². The summed E-state index contributed by atoms with van der Waals surface area (Å²) in [6.45, 7) is 2.26. The van der Waals surface area contributed by atoms with E-state index in [0.29, 0.717) is 13.0 Å². The smallest absolute Gasteiger partial charge is 0.335 e.